The highest BCUT2D eigenvalue weighted by Gasteiger charge is 2.44. The molecule has 1 unspecified atom stereocenters. The standard InChI is InChI=1S/C32H35N3O7/c1-4-6-17-41-23-12-11-21(18-25(23)40-5-2)28-27(29(36)26-19-22-9-7-10-24(39-3)31(22)42-26)30(37)32(38)35(28)15-8-14-34-16-13-33-20-34/h7,9-13,16,18-20,28,37H,4-6,8,14-15,17H2,1-3H3. The smallest absolute Gasteiger partial charge is 0.290 e. The van der Waals surface area contributed by atoms with Crippen molar-refractivity contribution in [3.05, 3.63) is 83.8 Å². The van der Waals surface area contributed by atoms with Gasteiger partial charge in [0.25, 0.3) is 5.91 Å². The number of amides is 1. The molecule has 10 nitrogen and oxygen atoms in total. The Kier molecular flexibility index (Phi) is 8.80. The molecule has 42 heavy (non-hydrogen) atoms. The summed E-state index contributed by atoms with van der Waals surface area (Å²) in [7, 11) is 1.52. The lowest BCUT2D eigenvalue weighted by molar-refractivity contribution is -0.129. The zero-order chi connectivity index (χ0) is 29.6. The van der Waals surface area contributed by atoms with Gasteiger partial charge in [0.15, 0.2) is 34.4 Å². The second kappa shape index (κ2) is 12.8. The summed E-state index contributed by atoms with van der Waals surface area (Å²) in [5.41, 5.74) is 0.967. The van der Waals surface area contributed by atoms with Crippen LogP contribution in [0.25, 0.3) is 11.0 Å². The number of benzene rings is 2. The summed E-state index contributed by atoms with van der Waals surface area (Å²) < 4.78 is 25.1. The first-order valence-corrected chi connectivity index (χ1v) is 14.2. The number of furan rings is 1. The van der Waals surface area contributed by atoms with Gasteiger partial charge in [-0.2, -0.15) is 0 Å². The Balaban J connectivity index is 1.53. The van der Waals surface area contributed by atoms with Crippen molar-refractivity contribution in [2.75, 3.05) is 26.9 Å². The number of hydrogen-bond donors (Lipinski definition) is 1. The van der Waals surface area contributed by atoms with Gasteiger partial charge < -0.3 is 33.2 Å². The van der Waals surface area contributed by atoms with E-state index in [-0.39, 0.29) is 17.9 Å². The van der Waals surface area contributed by atoms with E-state index in [2.05, 4.69) is 11.9 Å². The van der Waals surface area contributed by atoms with Crippen molar-refractivity contribution in [2.24, 2.45) is 0 Å². The van der Waals surface area contributed by atoms with Crippen molar-refractivity contribution in [1.82, 2.24) is 14.5 Å². The van der Waals surface area contributed by atoms with Gasteiger partial charge in [0.05, 0.1) is 38.3 Å². The van der Waals surface area contributed by atoms with Crippen LogP contribution in [0.1, 0.15) is 55.3 Å². The lowest BCUT2D eigenvalue weighted by atomic mass is 9.94. The Morgan fingerprint density at radius 3 is 2.64 bits per heavy atom. The normalized spacial score (nSPS) is 15.1. The van der Waals surface area contributed by atoms with Gasteiger partial charge in [-0.25, -0.2) is 4.98 Å². The molecule has 2 aromatic heterocycles. The lowest BCUT2D eigenvalue weighted by Gasteiger charge is -2.27. The molecule has 0 radical (unpaired) electrons. The summed E-state index contributed by atoms with van der Waals surface area (Å²) in [6.45, 7) is 5.80. The molecule has 1 atom stereocenters. The van der Waals surface area contributed by atoms with Crippen molar-refractivity contribution in [3.63, 3.8) is 0 Å². The zero-order valence-electron chi connectivity index (χ0n) is 24.0. The Morgan fingerprint density at radius 2 is 1.90 bits per heavy atom. The van der Waals surface area contributed by atoms with Crippen molar-refractivity contribution in [3.8, 4) is 17.2 Å². The SMILES string of the molecule is CCCCOc1ccc(C2C(C(=O)c3cc4cccc(OC)c4o3)=C(O)C(=O)N2CCCn2ccnc2)cc1OCC. The third kappa shape index (κ3) is 5.70. The predicted molar refractivity (Wildman–Crippen MR) is 156 cm³/mol. The summed E-state index contributed by atoms with van der Waals surface area (Å²) >= 11 is 0. The average molecular weight is 574 g/mol. The number of carbonyl (C=O) groups is 2. The predicted octanol–water partition coefficient (Wildman–Crippen LogP) is 5.88. The average Bonchev–Trinajstić information content (AvgIpc) is 3.73. The van der Waals surface area contributed by atoms with Crippen molar-refractivity contribution in [2.45, 2.75) is 45.7 Å². The molecule has 1 N–H and O–H groups in total. The van der Waals surface area contributed by atoms with Crippen molar-refractivity contribution >= 4 is 22.7 Å². The molecule has 1 aliphatic heterocycles. The number of fused-ring (bicyclic) bond motifs is 1. The Bertz CT molecular complexity index is 1590. The van der Waals surface area contributed by atoms with Gasteiger partial charge in [0.1, 0.15) is 0 Å². The molecule has 0 aliphatic carbocycles. The molecule has 5 rings (SSSR count). The van der Waals surface area contributed by atoms with E-state index in [1.165, 1.54) is 12.0 Å². The summed E-state index contributed by atoms with van der Waals surface area (Å²) in [6.07, 6.45) is 7.70. The number of nitrogens with zero attached hydrogens (tertiary/aromatic N) is 3. The monoisotopic (exact) mass is 573 g/mol. The third-order valence-corrected chi connectivity index (χ3v) is 7.21. The first kappa shape index (κ1) is 28.8. The maximum Gasteiger partial charge on any atom is 0.290 e. The fraction of sp³-hybridized carbons (Fsp3) is 0.344. The van der Waals surface area contributed by atoms with Gasteiger partial charge in [0, 0.05) is 30.9 Å². The van der Waals surface area contributed by atoms with Crippen LogP contribution in [-0.4, -0.2) is 58.1 Å². The minimum atomic E-state index is -0.869. The molecule has 0 bridgehead atoms. The highest BCUT2D eigenvalue weighted by molar-refractivity contribution is 6.16. The number of hydrogen-bond acceptors (Lipinski definition) is 8. The van der Waals surface area contributed by atoms with Crippen LogP contribution in [0, 0.1) is 0 Å². The van der Waals surface area contributed by atoms with Gasteiger partial charge >= 0.3 is 0 Å². The number of rotatable bonds is 14. The van der Waals surface area contributed by atoms with Crippen LogP contribution >= 0.6 is 0 Å². The van der Waals surface area contributed by atoms with Crippen LogP contribution in [0.15, 0.2) is 76.9 Å². The first-order valence-electron chi connectivity index (χ1n) is 14.2. The third-order valence-electron chi connectivity index (χ3n) is 7.21. The quantitative estimate of drug-likeness (QED) is 0.147. The molecule has 0 saturated heterocycles. The van der Waals surface area contributed by atoms with E-state index in [4.69, 9.17) is 18.6 Å². The van der Waals surface area contributed by atoms with Gasteiger partial charge in [0.2, 0.25) is 5.78 Å². The highest BCUT2D eigenvalue weighted by atomic mass is 16.5. The van der Waals surface area contributed by atoms with Crippen LogP contribution in [0.2, 0.25) is 0 Å². The number of Topliss-reactive ketones (excluding diaryl/α,β-unsaturated/α-hetero) is 1. The summed E-state index contributed by atoms with van der Waals surface area (Å²) in [5.74, 6) is -0.240. The van der Waals surface area contributed by atoms with Gasteiger partial charge in [-0.1, -0.05) is 31.5 Å². The summed E-state index contributed by atoms with van der Waals surface area (Å²) in [6, 6.07) is 11.4. The molecule has 4 aromatic rings. The molecule has 3 heterocycles. The number of aliphatic hydroxyl groups is 1. The topological polar surface area (TPSA) is 116 Å². The molecule has 1 aliphatic rings. The molecule has 1 amide bonds. The van der Waals surface area contributed by atoms with Crippen LogP contribution in [0.5, 0.6) is 17.2 Å². The van der Waals surface area contributed by atoms with Gasteiger partial charge in [-0.05, 0) is 49.6 Å². The molecule has 0 fully saturated rings. The maximum atomic E-state index is 14.0. The number of ketones is 1. The molecule has 0 saturated carbocycles. The number of ether oxygens (including phenoxy) is 3. The van der Waals surface area contributed by atoms with Crippen molar-refractivity contribution < 1.29 is 33.3 Å². The van der Waals surface area contributed by atoms with E-state index < -0.39 is 23.5 Å². The number of carbonyl (C=O) groups excluding carboxylic acids is 2. The number of aliphatic hydroxyl groups excluding tert-OH is 1. The first-order chi connectivity index (χ1) is 20.5. The molecular weight excluding hydrogens is 538 g/mol. The number of aromatic nitrogens is 2. The molecule has 2 aromatic carbocycles. The second-order valence-corrected chi connectivity index (χ2v) is 9.98. The number of imidazole rings is 1. The van der Waals surface area contributed by atoms with Crippen LogP contribution in [0.4, 0.5) is 0 Å². The van der Waals surface area contributed by atoms with Gasteiger partial charge in [-0.15, -0.1) is 0 Å². The fourth-order valence-corrected chi connectivity index (χ4v) is 5.16. The molecule has 0 spiro atoms. The van der Waals surface area contributed by atoms with E-state index >= 15 is 0 Å². The molecule has 220 valence electrons. The zero-order valence-corrected chi connectivity index (χ0v) is 24.0. The fourth-order valence-electron chi connectivity index (χ4n) is 5.16. The van der Waals surface area contributed by atoms with Gasteiger partial charge in [-0.3, -0.25) is 9.59 Å². The molecular formula is C32H35N3O7. The second-order valence-electron chi connectivity index (χ2n) is 9.98. The largest absolute Gasteiger partial charge is 0.503 e. The number of methoxy groups -OCH3 is 1. The number of para-hydroxylation sites is 1. The molecule has 10 heteroatoms. The maximum absolute atomic E-state index is 14.0. The summed E-state index contributed by atoms with van der Waals surface area (Å²) in [5, 5.41) is 11.8. The van der Waals surface area contributed by atoms with E-state index in [9.17, 15) is 14.7 Å². The Hall–Kier alpha value is -4.73. The lowest BCUT2D eigenvalue weighted by Crippen LogP contribution is -2.32. The van der Waals surface area contributed by atoms with Crippen LogP contribution in [-0.2, 0) is 11.3 Å². The van der Waals surface area contributed by atoms with Crippen LogP contribution in [0.3, 0.4) is 0 Å². The Morgan fingerprint density at radius 1 is 1.05 bits per heavy atom. The number of aryl methyl sites for hydroxylation is 1. The van der Waals surface area contributed by atoms with E-state index in [1.807, 2.05) is 17.7 Å². The highest BCUT2D eigenvalue weighted by Crippen LogP contribution is 2.42. The number of unbranched alkanes of at least 4 members (excludes halogenated alkanes) is 1. The Labute approximate surface area is 244 Å². The minimum absolute atomic E-state index is 0.00123. The van der Waals surface area contributed by atoms with Crippen LogP contribution < -0.4 is 14.2 Å². The minimum Gasteiger partial charge on any atom is -0.503 e. The summed E-state index contributed by atoms with van der Waals surface area (Å²) in [4.78, 5) is 33.1. The van der Waals surface area contributed by atoms with E-state index in [1.54, 1.807) is 55.0 Å². The van der Waals surface area contributed by atoms with E-state index in [0.717, 1.165) is 12.8 Å². The van der Waals surface area contributed by atoms with Crippen molar-refractivity contribution in [1.29, 1.82) is 0 Å². The van der Waals surface area contributed by atoms with E-state index in [0.29, 0.717) is 60.0 Å².